The van der Waals surface area contributed by atoms with Gasteiger partial charge in [0.05, 0.1) is 11.6 Å². The summed E-state index contributed by atoms with van der Waals surface area (Å²) < 4.78 is 15.7. The molecule has 9 heteroatoms. The predicted octanol–water partition coefficient (Wildman–Crippen LogP) is 1.98. The second-order valence-electron chi connectivity index (χ2n) is 6.57. The van der Waals surface area contributed by atoms with Gasteiger partial charge in [0, 0.05) is 19.1 Å². The number of rotatable bonds is 3. The molecule has 0 bridgehead atoms. The Balaban J connectivity index is 1.66. The van der Waals surface area contributed by atoms with Crippen LogP contribution in [0.1, 0.15) is 19.3 Å². The van der Waals surface area contributed by atoms with Crippen LogP contribution in [0.25, 0.3) is 16.7 Å². The van der Waals surface area contributed by atoms with Crippen LogP contribution in [0, 0.1) is 5.82 Å². The highest BCUT2D eigenvalue weighted by Crippen LogP contribution is 2.27. The third-order valence-corrected chi connectivity index (χ3v) is 4.80. The van der Waals surface area contributed by atoms with Crippen molar-refractivity contribution < 1.29 is 9.18 Å². The molecule has 0 spiro atoms. The molecule has 0 radical (unpaired) electrons. The van der Waals surface area contributed by atoms with Crippen molar-refractivity contribution in [3.05, 3.63) is 42.6 Å². The van der Waals surface area contributed by atoms with E-state index in [1.54, 1.807) is 24.4 Å². The van der Waals surface area contributed by atoms with Crippen LogP contribution in [0.3, 0.4) is 0 Å². The summed E-state index contributed by atoms with van der Waals surface area (Å²) in [6, 6.07) is 6.02. The van der Waals surface area contributed by atoms with Gasteiger partial charge in [-0.25, -0.2) is 23.8 Å². The number of fused-ring (bicyclic) bond motifs is 1. The zero-order valence-corrected chi connectivity index (χ0v) is 14.7. The van der Waals surface area contributed by atoms with E-state index >= 15 is 0 Å². The molecule has 1 atom stereocenters. The number of primary amides is 1. The summed E-state index contributed by atoms with van der Waals surface area (Å²) in [7, 11) is 0. The maximum absolute atomic E-state index is 14.2. The first-order chi connectivity index (χ1) is 13.1. The molecule has 1 saturated heterocycles. The number of nitrogens with one attached hydrogen (secondary N) is 1. The second kappa shape index (κ2) is 7.18. The molecule has 0 saturated carbocycles. The van der Waals surface area contributed by atoms with Crippen molar-refractivity contribution in [3.8, 4) is 5.69 Å². The Hall–Kier alpha value is -3.23. The topological polar surface area (TPSA) is 102 Å². The smallest absolute Gasteiger partial charge is 0.312 e. The van der Waals surface area contributed by atoms with Crippen molar-refractivity contribution >= 4 is 22.9 Å². The van der Waals surface area contributed by atoms with Crippen LogP contribution in [0.2, 0.25) is 0 Å². The van der Waals surface area contributed by atoms with Crippen LogP contribution in [0.5, 0.6) is 0 Å². The molecular weight excluding hydrogens is 349 g/mol. The third kappa shape index (κ3) is 3.40. The molecule has 0 aliphatic carbocycles. The number of hydrogen-bond acceptors (Lipinski definition) is 5. The maximum atomic E-state index is 14.2. The van der Waals surface area contributed by atoms with Crippen LogP contribution >= 0.6 is 0 Å². The number of carbonyl (C=O) groups is 1. The Morgan fingerprint density at radius 2 is 2.07 bits per heavy atom. The quantitative estimate of drug-likeness (QED) is 0.735. The van der Waals surface area contributed by atoms with E-state index < -0.39 is 6.03 Å². The van der Waals surface area contributed by atoms with Gasteiger partial charge in [0.15, 0.2) is 5.65 Å². The molecule has 4 rings (SSSR count). The molecule has 1 unspecified atom stereocenters. The summed E-state index contributed by atoms with van der Waals surface area (Å²) in [6.45, 7) is 1.52. The molecule has 1 aliphatic rings. The standard InChI is InChI=1S/C18H20FN7O/c19-14-5-1-2-6-15(14)26-17-13(10-23-26)16(21-11-22-17)25-8-3-4-12(7-9-25)24-18(20)27/h1-2,5-6,10-12H,3-4,7-9H2,(H3,20,24,27). The van der Waals surface area contributed by atoms with E-state index in [2.05, 4.69) is 25.3 Å². The molecule has 3 heterocycles. The van der Waals surface area contributed by atoms with Gasteiger partial charge >= 0.3 is 6.03 Å². The van der Waals surface area contributed by atoms with E-state index in [0.29, 0.717) is 11.3 Å². The Kier molecular flexibility index (Phi) is 4.57. The molecule has 1 fully saturated rings. The van der Waals surface area contributed by atoms with Crippen molar-refractivity contribution in [3.63, 3.8) is 0 Å². The average Bonchev–Trinajstić information content (AvgIpc) is 2.95. The van der Waals surface area contributed by atoms with Gasteiger partial charge < -0.3 is 16.0 Å². The SMILES string of the molecule is NC(=O)NC1CCCN(c2ncnc3c2cnn3-c2ccccc2F)CC1. The Bertz CT molecular complexity index is 973. The first-order valence-corrected chi connectivity index (χ1v) is 8.88. The Labute approximate surface area is 155 Å². The fourth-order valence-electron chi connectivity index (χ4n) is 3.54. The second-order valence-corrected chi connectivity index (χ2v) is 6.57. The Morgan fingerprint density at radius 1 is 1.22 bits per heavy atom. The summed E-state index contributed by atoms with van der Waals surface area (Å²) in [5, 5.41) is 7.88. The number of urea groups is 1. The predicted molar refractivity (Wildman–Crippen MR) is 99.2 cm³/mol. The number of benzene rings is 1. The first-order valence-electron chi connectivity index (χ1n) is 8.88. The van der Waals surface area contributed by atoms with Crippen molar-refractivity contribution in [2.45, 2.75) is 25.3 Å². The molecule has 27 heavy (non-hydrogen) atoms. The Morgan fingerprint density at radius 3 is 2.89 bits per heavy atom. The van der Waals surface area contributed by atoms with Gasteiger partial charge in [-0.15, -0.1) is 0 Å². The first kappa shape index (κ1) is 17.2. The molecule has 3 N–H and O–H groups in total. The van der Waals surface area contributed by atoms with E-state index in [0.717, 1.165) is 43.6 Å². The number of anilines is 1. The summed E-state index contributed by atoms with van der Waals surface area (Å²) in [5.74, 6) is 0.403. The lowest BCUT2D eigenvalue weighted by molar-refractivity contribution is 0.244. The molecule has 3 aromatic rings. The number of carbonyl (C=O) groups excluding carboxylic acids is 1. The van der Waals surface area contributed by atoms with Crippen LogP contribution in [-0.4, -0.2) is 44.9 Å². The summed E-state index contributed by atoms with van der Waals surface area (Å²) in [5.41, 5.74) is 6.14. The number of aromatic nitrogens is 4. The molecule has 2 aromatic heterocycles. The summed E-state index contributed by atoms with van der Waals surface area (Å²) >= 11 is 0. The van der Waals surface area contributed by atoms with Gasteiger partial charge in [-0.2, -0.15) is 5.10 Å². The molecule has 2 amide bonds. The number of hydrogen-bond donors (Lipinski definition) is 2. The fourth-order valence-corrected chi connectivity index (χ4v) is 3.54. The van der Waals surface area contributed by atoms with Crippen molar-refractivity contribution in [2.75, 3.05) is 18.0 Å². The van der Waals surface area contributed by atoms with Gasteiger partial charge in [0.25, 0.3) is 0 Å². The lowest BCUT2D eigenvalue weighted by Gasteiger charge is -2.22. The van der Waals surface area contributed by atoms with Crippen molar-refractivity contribution in [1.82, 2.24) is 25.1 Å². The van der Waals surface area contributed by atoms with Crippen molar-refractivity contribution in [1.29, 1.82) is 0 Å². The van der Waals surface area contributed by atoms with Gasteiger partial charge in [0.2, 0.25) is 0 Å². The minimum Gasteiger partial charge on any atom is -0.356 e. The van der Waals surface area contributed by atoms with E-state index in [9.17, 15) is 9.18 Å². The van der Waals surface area contributed by atoms with E-state index in [-0.39, 0.29) is 11.9 Å². The minimum atomic E-state index is -0.496. The van der Waals surface area contributed by atoms with Gasteiger partial charge in [-0.05, 0) is 31.4 Å². The van der Waals surface area contributed by atoms with Crippen molar-refractivity contribution in [2.24, 2.45) is 5.73 Å². The highest BCUT2D eigenvalue weighted by molar-refractivity contribution is 5.87. The van der Waals surface area contributed by atoms with Gasteiger partial charge in [0.1, 0.15) is 23.6 Å². The molecule has 8 nitrogen and oxygen atoms in total. The van der Waals surface area contributed by atoms with E-state index in [1.807, 2.05) is 0 Å². The summed E-state index contributed by atoms with van der Waals surface area (Å²) in [4.78, 5) is 22.0. The molecule has 1 aromatic carbocycles. The zero-order chi connectivity index (χ0) is 18.8. The number of nitrogens with zero attached hydrogens (tertiary/aromatic N) is 5. The molecule has 1 aliphatic heterocycles. The van der Waals surface area contributed by atoms with Crippen LogP contribution in [-0.2, 0) is 0 Å². The highest BCUT2D eigenvalue weighted by Gasteiger charge is 2.22. The average molecular weight is 369 g/mol. The monoisotopic (exact) mass is 369 g/mol. The molecule has 140 valence electrons. The highest BCUT2D eigenvalue weighted by atomic mass is 19.1. The lowest BCUT2D eigenvalue weighted by atomic mass is 10.1. The largest absolute Gasteiger partial charge is 0.356 e. The van der Waals surface area contributed by atoms with E-state index in [1.165, 1.54) is 17.1 Å². The van der Waals surface area contributed by atoms with Crippen LogP contribution < -0.4 is 16.0 Å². The maximum Gasteiger partial charge on any atom is 0.312 e. The number of nitrogens with two attached hydrogens (primary N) is 1. The molecular formula is C18H20FN7O. The van der Waals surface area contributed by atoms with Gasteiger partial charge in [-0.3, -0.25) is 0 Å². The summed E-state index contributed by atoms with van der Waals surface area (Å²) in [6.07, 6.45) is 5.68. The normalized spacial score (nSPS) is 17.7. The fraction of sp³-hybridized carbons (Fsp3) is 0.333. The van der Waals surface area contributed by atoms with Crippen LogP contribution in [0.15, 0.2) is 36.8 Å². The van der Waals surface area contributed by atoms with E-state index in [4.69, 9.17) is 5.73 Å². The zero-order valence-electron chi connectivity index (χ0n) is 14.7. The number of para-hydroxylation sites is 1. The number of halogens is 1. The van der Waals surface area contributed by atoms with Crippen LogP contribution in [0.4, 0.5) is 15.0 Å². The number of amides is 2. The third-order valence-electron chi connectivity index (χ3n) is 4.80. The lowest BCUT2D eigenvalue weighted by Crippen LogP contribution is -2.39. The minimum absolute atomic E-state index is 0.0611. The van der Waals surface area contributed by atoms with Gasteiger partial charge in [-0.1, -0.05) is 12.1 Å².